The van der Waals surface area contributed by atoms with Crippen LogP contribution in [0.25, 0.3) is 0 Å². The van der Waals surface area contributed by atoms with Gasteiger partial charge in [0.1, 0.15) is 12.5 Å². The lowest BCUT2D eigenvalue weighted by Crippen LogP contribution is -2.36. The summed E-state index contributed by atoms with van der Waals surface area (Å²) in [6.45, 7) is 3.09. The Morgan fingerprint density at radius 3 is 2.46 bits per heavy atom. The summed E-state index contributed by atoms with van der Waals surface area (Å²) in [5.41, 5.74) is 4.86. The second-order valence-corrected chi connectivity index (χ2v) is 9.10. The highest BCUT2D eigenvalue weighted by molar-refractivity contribution is 5.78. The maximum absolute atomic E-state index is 12.7. The Labute approximate surface area is 204 Å². The van der Waals surface area contributed by atoms with Crippen LogP contribution in [0.2, 0.25) is 0 Å². The number of benzene rings is 2. The molecule has 1 aliphatic carbocycles. The molecule has 1 aliphatic heterocycles. The molecule has 2 aliphatic rings. The molecule has 1 amide bonds. The van der Waals surface area contributed by atoms with Crippen LogP contribution in [0.4, 0.5) is 0 Å². The van der Waals surface area contributed by atoms with E-state index < -0.39 is 30.4 Å². The Hall–Kier alpha value is -3.14. The smallest absolute Gasteiger partial charge is 0.329 e. The van der Waals surface area contributed by atoms with Crippen LogP contribution >= 0.6 is 0 Å². The fourth-order valence-electron chi connectivity index (χ4n) is 4.87. The van der Waals surface area contributed by atoms with Crippen LogP contribution in [0.1, 0.15) is 79.8 Å². The van der Waals surface area contributed by atoms with Crippen LogP contribution in [0, 0.1) is 6.92 Å². The van der Waals surface area contributed by atoms with E-state index in [9.17, 15) is 19.8 Å². The van der Waals surface area contributed by atoms with Crippen LogP contribution in [0.3, 0.4) is 0 Å². The molecule has 35 heavy (non-hydrogen) atoms. The zero-order valence-corrected chi connectivity index (χ0v) is 20.2. The lowest BCUT2D eigenvalue weighted by molar-refractivity contribution is -0.158. The van der Waals surface area contributed by atoms with Gasteiger partial charge in [-0.2, -0.15) is 5.48 Å². The van der Waals surface area contributed by atoms with Gasteiger partial charge in [0.25, 0.3) is 5.91 Å². The Morgan fingerprint density at radius 2 is 1.77 bits per heavy atom. The van der Waals surface area contributed by atoms with Crippen molar-refractivity contribution in [1.82, 2.24) is 10.4 Å². The van der Waals surface area contributed by atoms with Crippen molar-refractivity contribution >= 4 is 11.9 Å². The quantitative estimate of drug-likeness (QED) is 0.512. The highest BCUT2D eigenvalue weighted by Gasteiger charge is 2.42. The fourth-order valence-corrected chi connectivity index (χ4v) is 4.87. The number of carbonyl (C=O) groups is 2. The Kier molecular flexibility index (Phi) is 7.59. The van der Waals surface area contributed by atoms with Crippen molar-refractivity contribution in [3.05, 3.63) is 58.7 Å². The average molecular weight is 485 g/mol. The average Bonchev–Trinajstić information content (AvgIpc) is 3.42. The van der Waals surface area contributed by atoms with Crippen LogP contribution in [0.5, 0.6) is 11.5 Å². The van der Waals surface area contributed by atoms with Gasteiger partial charge in [-0.3, -0.25) is 9.59 Å². The molecule has 3 atom stereocenters. The van der Waals surface area contributed by atoms with Gasteiger partial charge in [-0.05, 0) is 50.3 Å². The number of hydrogen-bond acceptors (Lipinski definition) is 8. The fraction of sp³-hybridized carbons (Fsp3) is 0.462. The number of hydrogen-bond donors (Lipinski definition) is 3. The van der Waals surface area contributed by atoms with Gasteiger partial charge in [-0.15, -0.1) is 0 Å². The van der Waals surface area contributed by atoms with Crippen molar-refractivity contribution in [1.29, 1.82) is 0 Å². The van der Waals surface area contributed by atoms with Gasteiger partial charge in [-0.1, -0.05) is 29.8 Å². The molecule has 2 aromatic rings. The van der Waals surface area contributed by atoms with Crippen molar-refractivity contribution in [2.75, 3.05) is 7.11 Å². The van der Waals surface area contributed by atoms with Gasteiger partial charge in [-0.25, -0.2) is 4.90 Å². The van der Waals surface area contributed by atoms with E-state index in [1.807, 2.05) is 19.1 Å². The van der Waals surface area contributed by atoms with E-state index in [1.54, 1.807) is 31.4 Å². The molecule has 0 bridgehead atoms. The number of methoxy groups -OCH3 is 1. The van der Waals surface area contributed by atoms with Gasteiger partial charge < -0.3 is 24.5 Å². The van der Waals surface area contributed by atoms with E-state index in [4.69, 9.17) is 9.47 Å². The minimum Gasteiger partial charge on any atom is -0.493 e. The number of aliphatic hydroxyl groups is 2. The molecule has 9 heteroatoms. The summed E-state index contributed by atoms with van der Waals surface area (Å²) in [4.78, 5) is 30.0. The van der Waals surface area contributed by atoms with Crippen LogP contribution in [-0.2, 0) is 14.4 Å². The highest BCUT2D eigenvalue weighted by Crippen LogP contribution is 2.47. The molecule has 0 saturated heterocycles. The third-order valence-corrected chi connectivity index (χ3v) is 6.58. The minimum absolute atomic E-state index is 0.0834. The number of rotatable bonds is 7. The molecule has 1 saturated carbocycles. The van der Waals surface area contributed by atoms with Crippen molar-refractivity contribution in [2.24, 2.45) is 0 Å². The van der Waals surface area contributed by atoms with Gasteiger partial charge in [0, 0.05) is 30.5 Å². The molecular formula is C26H32N2O7. The van der Waals surface area contributed by atoms with Gasteiger partial charge in [0.15, 0.2) is 11.5 Å². The summed E-state index contributed by atoms with van der Waals surface area (Å²) in [7, 11) is 1.56. The highest BCUT2D eigenvalue weighted by atomic mass is 16.7. The first-order valence-electron chi connectivity index (χ1n) is 11.8. The van der Waals surface area contributed by atoms with Crippen molar-refractivity contribution in [3.8, 4) is 11.5 Å². The van der Waals surface area contributed by atoms with E-state index >= 15 is 0 Å². The zero-order chi connectivity index (χ0) is 25.1. The van der Waals surface area contributed by atoms with Crippen molar-refractivity contribution in [2.45, 2.75) is 70.6 Å². The molecule has 0 aromatic heterocycles. The molecule has 4 rings (SSSR count). The second-order valence-electron chi connectivity index (χ2n) is 9.10. The third-order valence-electron chi connectivity index (χ3n) is 6.58. The summed E-state index contributed by atoms with van der Waals surface area (Å²) >= 11 is 0. The maximum Gasteiger partial charge on any atom is 0.329 e. The van der Waals surface area contributed by atoms with Gasteiger partial charge in [0.2, 0.25) is 0 Å². The topological polar surface area (TPSA) is 118 Å². The number of nitrogens with zero attached hydrogens (tertiary/aromatic N) is 1. The van der Waals surface area contributed by atoms with Gasteiger partial charge >= 0.3 is 5.97 Å². The number of ether oxygens (including phenoxy) is 2. The second kappa shape index (κ2) is 10.6. The van der Waals surface area contributed by atoms with Crippen LogP contribution in [-0.4, -0.2) is 40.2 Å². The molecule has 1 fully saturated rings. The summed E-state index contributed by atoms with van der Waals surface area (Å²) in [6, 6.07) is 10.0. The predicted molar refractivity (Wildman–Crippen MR) is 126 cm³/mol. The summed E-state index contributed by atoms with van der Waals surface area (Å²) in [5.74, 6) is -0.134. The number of nitrogens with one attached hydrogen (secondary N) is 1. The molecule has 2 aromatic carbocycles. The van der Waals surface area contributed by atoms with Crippen molar-refractivity contribution < 1.29 is 34.1 Å². The molecule has 188 valence electrons. The van der Waals surface area contributed by atoms with Crippen molar-refractivity contribution in [3.63, 3.8) is 0 Å². The lowest BCUT2D eigenvalue weighted by Gasteiger charge is -2.33. The molecule has 3 unspecified atom stereocenters. The lowest BCUT2D eigenvalue weighted by atomic mass is 10.0. The molecule has 1 heterocycles. The standard InChI is InChI=1S/C26H32N2O7/c1-15-8-10-19-20(12-15)26(32)28(25(19)31)21(14-24(30)27-35-16(2)29)17-9-11-22(33-3)23(13-17)34-18-6-4-5-7-18/h8-13,18,21,25-26,31-32H,4-7,14H2,1-3H3,(H,27,30). The normalized spacial score (nSPS) is 20.8. The van der Waals surface area contributed by atoms with Crippen LogP contribution < -0.4 is 15.0 Å². The number of aryl methyl sites for hydroxylation is 1. The monoisotopic (exact) mass is 484 g/mol. The molecular weight excluding hydrogens is 452 g/mol. The first-order chi connectivity index (χ1) is 16.8. The van der Waals surface area contributed by atoms with Gasteiger partial charge in [0.05, 0.1) is 13.2 Å². The first kappa shape index (κ1) is 25.0. The zero-order valence-electron chi connectivity index (χ0n) is 20.2. The summed E-state index contributed by atoms with van der Waals surface area (Å²) in [6.07, 6.45) is 1.73. The first-order valence-corrected chi connectivity index (χ1v) is 11.8. The minimum atomic E-state index is -1.15. The Morgan fingerprint density at radius 1 is 1.06 bits per heavy atom. The Balaban J connectivity index is 1.69. The number of carbonyl (C=O) groups excluding carboxylic acids is 2. The SMILES string of the molecule is COc1ccc(C(CC(=O)NOC(C)=O)N2C(O)c3ccc(C)cc3C2O)cc1OC1CCCC1. The number of aliphatic hydroxyl groups excluding tert-OH is 2. The largest absolute Gasteiger partial charge is 0.493 e. The van der Waals surface area contributed by atoms with E-state index in [0.29, 0.717) is 28.2 Å². The number of hydroxylamine groups is 1. The number of fused-ring (bicyclic) bond motifs is 1. The number of amides is 1. The van der Waals surface area contributed by atoms with E-state index in [2.05, 4.69) is 10.3 Å². The molecule has 3 N–H and O–H groups in total. The summed E-state index contributed by atoms with van der Waals surface area (Å²) < 4.78 is 11.7. The predicted octanol–water partition coefficient (Wildman–Crippen LogP) is 3.35. The summed E-state index contributed by atoms with van der Waals surface area (Å²) in [5, 5.41) is 22.3. The van der Waals surface area contributed by atoms with E-state index in [1.165, 1.54) is 11.8 Å². The van der Waals surface area contributed by atoms with E-state index in [-0.39, 0.29) is 12.5 Å². The molecule has 0 radical (unpaired) electrons. The molecule has 0 spiro atoms. The third kappa shape index (κ3) is 5.42. The maximum atomic E-state index is 12.7. The van der Waals surface area contributed by atoms with Crippen LogP contribution in [0.15, 0.2) is 36.4 Å². The molecule has 9 nitrogen and oxygen atoms in total. The Bertz CT molecular complexity index is 1080. The van der Waals surface area contributed by atoms with E-state index in [0.717, 1.165) is 31.2 Å².